The van der Waals surface area contributed by atoms with E-state index in [0.29, 0.717) is 18.0 Å². The molecular weight excluding hydrogens is 450 g/mol. The maximum absolute atomic E-state index is 13.0. The van der Waals surface area contributed by atoms with Gasteiger partial charge in [-0.25, -0.2) is 4.98 Å². The Bertz CT molecular complexity index is 1100. The van der Waals surface area contributed by atoms with Gasteiger partial charge in [0.15, 0.2) is 5.13 Å². The summed E-state index contributed by atoms with van der Waals surface area (Å²) in [6.45, 7) is 10.1. The van der Waals surface area contributed by atoms with Gasteiger partial charge in [-0.1, -0.05) is 64.1 Å². The van der Waals surface area contributed by atoms with E-state index >= 15 is 0 Å². The Balaban J connectivity index is 1.65. The maximum Gasteiger partial charge on any atom is 0.239 e. The van der Waals surface area contributed by atoms with Crippen LogP contribution in [0, 0.1) is 12.3 Å². The van der Waals surface area contributed by atoms with Crippen molar-refractivity contribution in [3.05, 3.63) is 59.5 Å². The van der Waals surface area contributed by atoms with Crippen LogP contribution in [0.15, 0.2) is 59.5 Å². The van der Waals surface area contributed by atoms with E-state index < -0.39 is 0 Å². The highest BCUT2D eigenvalue weighted by Gasteiger charge is 2.21. The predicted molar refractivity (Wildman–Crippen MR) is 140 cm³/mol. The molecule has 3 aromatic rings. The predicted octanol–water partition coefficient (Wildman–Crippen LogP) is 7.00. The lowest BCUT2D eigenvalue weighted by Gasteiger charge is -2.18. The summed E-state index contributed by atoms with van der Waals surface area (Å²) in [6.07, 6.45) is 1.12. The second kappa shape index (κ2) is 11.0. The van der Waals surface area contributed by atoms with E-state index in [1.54, 1.807) is 0 Å². The summed E-state index contributed by atoms with van der Waals surface area (Å²) >= 11 is 2.98. The highest BCUT2D eigenvalue weighted by molar-refractivity contribution is 8.00. The number of nitrogens with zero attached hydrogens (tertiary/aromatic N) is 1. The van der Waals surface area contributed by atoms with Gasteiger partial charge in [0, 0.05) is 27.4 Å². The quantitative estimate of drug-likeness (QED) is 0.340. The average Bonchev–Trinajstić information content (AvgIpc) is 3.11. The second-order valence-electron chi connectivity index (χ2n) is 9.11. The summed E-state index contributed by atoms with van der Waals surface area (Å²) in [5.74, 6) is -0.0826. The van der Waals surface area contributed by atoms with Crippen LogP contribution in [0.3, 0.4) is 0 Å². The van der Waals surface area contributed by atoms with Gasteiger partial charge in [-0.3, -0.25) is 9.59 Å². The van der Waals surface area contributed by atoms with E-state index in [9.17, 15) is 9.59 Å². The van der Waals surface area contributed by atoms with Crippen molar-refractivity contribution in [3.8, 4) is 11.3 Å². The summed E-state index contributed by atoms with van der Waals surface area (Å²) in [4.78, 5) is 31.9. The van der Waals surface area contributed by atoms with Gasteiger partial charge in [0.25, 0.3) is 0 Å². The number of amides is 2. The number of benzene rings is 2. The van der Waals surface area contributed by atoms with E-state index in [2.05, 4.69) is 15.6 Å². The smallest absolute Gasteiger partial charge is 0.239 e. The molecule has 0 saturated heterocycles. The maximum atomic E-state index is 13.0. The molecule has 0 aliphatic heterocycles. The highest BCUT2D eigenvalue weighted by Crippen LogP contribution is 2.32. The van der Waals surface area contributed by atoms with E-state index in [-0.39, 0.29) is 22.5 Å². The minimum atomic E-state index is -0.269. The van der Waals surface area contributed by atoms with Crippen LogP contribution in [0.25, 0.3) is 11.3 Å². The van der Waals surface area contributed by atoms with Gasteiger partial charge in [-0.05, 0) is 37.0 Å². The molecule has 1 aromatic heterocycles. The van der Waals surface area contributed by atoms with E-state index in [4.69, 9.17) is 0 Å². The first kappa shape index (κ1) is 25.0. The lowest BCUT2D eigenvalue weighted by molar-refractivity contribution is -0.118. The third kappa shape index (κ3) is 7.44. The number of hydrogen-bond acceptors (Lipinski definition) is 5. The summed E-state index contributed by atoms with van der Waals surface area (Å²) in [5.41, 5.74) is 2.61. The third-order valence-corrected chi connectivity index (χ3v) is 7.07. The zero-order chi connectivity index (χ0) is 24.0. The van der Waals surface area contributed by atoms with E-state index in [1.807, 2.05) is 89.2 Å². The molecule has 0 fully saturated rings. The van der Waals surface area contributed by atoms with E-state index in [0.717, 1.165) is 26.7 Å². The first-order valence-corrected chi connectivity index (χ1v) is 12.7. The number of carbonyl (C=O) groups excluding carboxylic acids is 2. The molecule has 5 nitrogen and oxygen atoms in total. The number of anilines is 2. The van der Waals surface area contributed by atoms with Crippen molar-refractivity contribution in [1.82, 2.24) is 4.98 Å². The number of nitrogens with one attached hydrogen (secondary N) is 2. The van der Waals surface area contributed by atoms with Crippen LogP contribution in [0.5, 0.6) is 0 Å². The van der Waals surface area contributed by atoms with Crippen molar-refractivity contribution in [2.45, 2.75) is 57.6 Å². The Labute approximate surface area is 204 Å². The molecular formula is C26H31N3O2S2. The summed E-state index contributed by atoms with van der Waals surface area (Å²) in [5, 5.41) is 6.30. The molecule has 2 N–H and O–H groups in total. The number of hydrogen-bond donors (Lipinski definition) is 2. The van der Waals surface area contributed by atoms with Gasteiger partial charge in [-0.2, -0.15) is 0 Å². The zero-order valence-electron chi connectivity index (χ0n) is 19.8. The molecule has 33 heavy (non-hydrogen) atoms. The topological polar surface area (TPSA) is 71.1 Å². The molecule has 1 heterocycles. The Kier molecular flexibility index (Phi) is 8.32. The first-order chi connectivity index (χ1) is 15.6. The lowest BCUT2D eigenvalue weighted by Crippen LogP contribution is -2.24. The van der Waals surface area contributed by atoms with Gasteiger partial charge in [0.2, 0.25) is 11.8 Å². The monoisotopic (exact) mass is 481 g/mol. The molecule has 2 amide bonds. The van der Waals surface area contributed by atoms with Gasteiger partial charge < -0.3 is 10.6 Å². The van der Waals surface area contributed by atoms with E-state index in [1.165, 1.54) is 23.1 Å². The fourth-order valence-corrected chi connectivity index (χ4v) is 5.17. The minimum absolute atomic E-state index is 0.0113. The van der Waals surface area contributed by atoms with Crippen LogP contribution < -0.4 is 10.6 Å². The number of rotatable bonds is 8. The van der Waals surface area contributed by atoms with Gasteiger partial charge >= 0.3 is 0 Å². The molecule has 7 heteroatoms. The zero-order valence-corrected chi connectivity index (χ0v) is 21.4. The molecule has 174 valence electrons. The molecule has 0 aliphatic carbocycles. The number of thioether (sulfide) groups is 1. The van der Waals surface area contributed by atoms with Crippen molar-refractivity contribution in [2.24, 2.45) is 5.41 Å². The number of carbonyl (C=O) groups is 2. The van der Waals surface area contributed by atoms with Crippen molar-refractivity contribution < 1.29 is 9.59 Å². The van der Waals surface area contributed by atoms with Crippen LogP contribution in [0.2, 0.25) is 0 Å². The normalized spacial score (nSPS) is 12.3. The fourth-order valence-electron chi connectivity index (χ4n) is 3.32. The number of aromatic nitrogens is 1. The summed E-state index contributed by atoms with van der Waals surface area (Å²) in [6, 6.07) is 17.6. The van der Waals surface area contributed by atoms with Gasteiger partial charge in [-0.15, -0.1) is 23.1 Å². The molecule has 1 unspecified atom stereocenters. The molecule has 0 aliphatic rings. The fraction of sp³-hybridized carbons (Fsp3) is 0.346. The van der Waals surface area contributed by atoms with Crippen LogP contribution >= 0.6 is 23.1 Å². The van der Waals surface area contributed by atoms with Crippen molar-refractivity contribution in [1.29, 1.82) is 0 Å². The Hall–Kier alpha value is -2.64. The van der Waals surface area contributed by atoms with Crippen molar-refractivity contribution in [2.75, 3.05) is 10.6 Å². The third-order valence-electron chi connectivity index (χ3n) is 4.82. The van der Waals surface area contributed by atoms with Gasteiger partial charge in [0.05, 0.1) is 10.9 Å². The molecule has 1 atom stereocenters. The number of aryl methyl sites for hydroxylation is 1. The Morgan fingerprint density at radius 1 is 1.06 bits per heavy atom. The largest absolute Gasteiger partial charge is 0.326 e. The van der Waals surface area contributed by atoms with Crippen molar-refractivity contribution >= 4 is 45.7 Å². The molecule has 0 saturated carbocycles. The van der Waals surface area contributed by atoms with Gasteiger partial charge in [0.1, 0.15) is 0 Å². The molecule has 0 bridgehead atoms. The summed E-state index contributed by atoms with van der Waals surface area (Å²) in [7, 11) is 0. The Morgan fingerprint density at radius 2 is 1.79 bits per heavy atom. The second-order valence-corrected chi connectivity index (χ2v) is 11.6. The van der Waals surface area contributed by atoms with Crippen LogP contribution in [0.4, 0.5) is 10.8 Å². The molecule has 0 spiro atoms. The SMILES string of the molecule is CCC(Sc1cccc(NC(=O)CC(C)(C)C)c1)C(=O)Nc1nc(-c2ccccc2)c(C)s1. The van der Waals surface area contributed by atoms with Crippen LogP contribution in [0.1, 0.15) is 45.4 Å². The average molecular weight is 482 g/mol. The number of thiazole rings is 1. The first-order valence-electron chi connectivity index (χ1n) is 11.0. The van der Waals surface area contributed by atoms with Crippen molar-refractivity contribution in [3.63, 3.8) is 0 Å². The summed E-state index contributed by atoms with van der Waals surface area (Å²) < 4.78 is 0. The molecule has 0 radical (unpaired) electrons. The molecule has 3 rings (SSSR count). The standard InChI is InChI=1S/C26H31N3O2S2/c1-6-21(33-20-14-10-13-19(15-20)27-22(30)16-26(3,4)5)24(31)29-25-28-23(17(2)32-25)18-11-8-7-9-12-18/h7-15,21H,6,16H2,1-5H3,(H,27,30)(H,28,29,31). The minimum Gasteiger partial charge on any atom is -0.326 e. The highest BCUT2D eigenvalue weighted by atomic mass is 32.2. The Morgan fingerprint density at radius 3 is 2.45 bits per heavy atom. The van der Waals surface area contributed by atoms with Crippen LogP contribution in [-0.4, -0.2) is 22.0 Å². The van der Waals surface area contributed by atoms with Crippen LogP contribution in [-0.2, 0) is 9.59 Å². The lowest BCUT2D eigenvalue weighted by atomic mass is 9.92. The molecule has 2 aromatic carbocycles.